The summed E-state index contributed by atoms with van der Waals surface area (Å²) in [6, 6.07) is 16.1. The second-order valence-electron chi connectivity index (χ2n) is 6.50. The van der Waals surface area contributed by atoms with Crippen molar-refractivity contribution in [3.63, 3.8) is 0 Å². The van der Waals surface area contributed by atoms with Crippen LogP contribution in [-0.2, 0) is 4.79 Å². The molecule has 2 aromatic rings. The minimum Gasteiger partial charge on any atom is -0.483 e. The van der Waals surface area contributed by atoms with Gasteiger partial charge in [0, 0.05) is 12.1 Å². The molecule has 4 heteroatoms. The van der Waals surface area contributed by atoms with E-state index in [0.717, 1.165) is 22.4 Å². The third-order valence-corrected chi connectivity index (χ3v) is 3.96. The molecule has 0 saturated carbocycles. The molecule has 25 heavy (non-hydrogen) atoms. The van der Waals surface area contributed by atoms with Crippen LogP contribution in [0.15, 0.2) is 53.6 Å². The van der Waals surface area contributed by atoms with Crippen LogP contribution in [0.5, 0.6) is 5.75 Å². The lowest BCUT2D eigenvalue weighted by Crippen LogP contribution is -2.25. The summed E-state index contributed by atoms with van der Waals surface area (Å²) in [5, 5.41) is 4.03. The first kappa shape index (κ1) is 18.7. The molecule has 0 fully saturated rings. The first-order valence-corrected chi connectivity index (χ1v) is 8.57. The number of carbonyl (C=O) groups is 1. The minimum absolute atomic E-state index is 0.0553. The van der Waals surface area contributed by atoms with Crippen molar-refractivity contribution in [3.05, 3.63) is 65.2 Å². The zero-order valence-corrected chi connectivity index (χ0v) is 15.3. The minimum atomic E-state index is -0.271. The molecule has 1 N–H and O–H groups in total. The molecule has 1 atom stereocenters. The van der Waals surface area contributed by atoms with Gasteiger partial charge in [-0.15, -0.1) is 0 Å². The zero-order chi connectivity index (χ0) is 18.2. The van der Waals surface area contributed by atoms with E-state index in [1.807, 2.05) is 56.3 Å². The first-order valence-electron chi connectivity index (χ1n) is 8.57. The van der Waals surface area contributed by atoms with Gasteiger partial charge in [0.25, 0.3) is 5.91 Å². The fraction of sp³-hybridized carbons (Fsp3) is 0.333. The van der Waals surface area contributed by atoms with Crippen LogP contribution in [-0.4, -0.2) is 18.7 Å². The highest BCUT2D eigenvalue weighted by molar-refractivity contribution is 5.79. The van der Waals surface area contributed by atoms with Crippen LogP contribution in [0.3, 0.4) is 0 Å². The van der Waals surface area contributed by atoms with Gasteiger partial charge in [-0.1, -0.05) is 63.2 Å². The number of aryl methyl sites for hydroxylation is 1. The van der Waals surface area contributed by atoms with E-state index in [-0.39, 0.29) is 18.4 Å². The Balaban J connectivity index is 1.87. The predicted octanol–water partition coefficient (Wildman–Crippen LogP) is 4.40. The Morgan fingerprint density at radius 3 is 2.56 bits per heavy atom. The largest absolute Gasteiger partial charge is 0.483 e. The van der Waals surface area contributed by atoms with Gasteiger partial charge in [-0.05, 0) is 35.6 Å². The van der Waals surface area contributed by atoms with E-state index in [1.54, 1.807) is 6.21 Å². The van der Waals surface area contributed by atoms with Gasteiger partial charge in [0.1, 0.15) is 5.75 Å². The van der Waals surface area contributed by atoms with E-state index in [4.69, 9.17) is 4.74 Å². The summed E-state index contributed by atoms with van der Waals surface area (Å²) < 4.78 is 5.70. The summed E-state index contributed by atoms with van der Waals surface area (Å²) in [6.07, 6.45) is 1.72. The fourth-order valence-corrected chi connectivity index (χ4v) is 2.48. The molecule has 0 heterocycles. The zero-order valence-electron chi connectivity index (χ0n) is 15.3. The summed E-state index contributed by atoms with van der Waals surface area (Å²) in [6.45, 7) is 8.19. The number of carbonyl (C=O) groups excluding carboxylic acids is 1. The predicted molar refractivity (Wildman–Crippen MR) is 102 cm³/mol. The van der Waals surface area contributed by atoms with E-state index in [1.165, 1.54) is 0 Å². The van der Waals surface area contributed by atoms with Crippen molar-refractivity contribution in [3.8, 4) is 5.75 Å². The molecule has 0 radical (unpaired) electrons. The van der Waals surface area contributed by atoms with Gasteiger partial charge in [0.15, 0.2) is 6.61 Å². The number of nitrogens with zero attached hydrogens (tertiary/aromatic N) is 1. The van der Waals surface area contributed by atoms with Gasteiger partial charge in [0.2, 0.25) is 0 Å². The van der Waals surface area contributed by atoms with E-state index in [0.29, 0.717) is 5.92 Å². The highest BCUT2D eigenvalue weighted by atomic mass is 16.5. The molecular formula is C21H26N2O2. The number of amides is 1. The molecule has 0 aliphatic heterocycles. The second kappa shape index (κ2) is 9.02. The lowest BCUT2D eigenvalue weighted by atomic mass is 10.0. The maximum Gasteiger partial charge on any atom is 0.277 e. The third-order valence-electron chi connectivity index (χ3n) is 3.96. The molecule has 132 valence electrons. The van der Waals surface area contributed by atoms with Crippen molar-refractivity contribution in [2.45, 2.75) is 39.5 Å². The molecule has 2 rings (SSSR count). The molecule has 1 amide bonds. The highest BCUT2D eigenvalue weighted by Gasteiger charge is 2.10. The van der Waals surface area contributed by atoms with Crippen LogP contribution in [0.4, 0.5) is 0 Å². The van der Waals surface area contributed by atoms with Crippen molar-refractivity contribution in [1.82, 2.24) is 5.43 Å². The molecule has 0 aliphatic carbocycles. The Hall–Kier alpha value is -2.62. The second-order valence-corrected chi connectivity index (χ2v) is 6.50. The van der Waals surface area contributed by atoms with Gasteiger partial charge in [-0.2, -0.15) is 5.10 Å². The summed E-state index contributed by atoms with van der Waals surface area (Å²) in [5.41, 5.74) is 5.88. The maximum absolute atomic E-state index is 12.0. The van der Waals surface area contributed by atoms with Crippen molar-refractivity contribution >= 4 is 12.1 Å². The fourth-order valence-electron chi connectivity index (χ4n) is 2.48. The topological polar surface area (TPSA) is 50.7 Å². The van der Waals surface area contributed by atoms with E-state index < -0.39 is 0 Å². The van der Waals surface area contributed by atoms with Gasteiger partial charge < -0.3 is 4.74 Å². The molecule has 0 saturated heterocycles. The molecule has 2 aromatic carbocycles. The van der Waals surface area contributed by atoms with Gasteiger partial charge >= 0.3 is 0 Å². The van der Waals surface area contributed by atoms with E-state index >= 15 is 0 Å². The lowest BCUT2D eigenvalue weighted by molar-refractivity contribution is -0.123. The molecule has 0 spiro atoms. The SMILES string of the molecule is Cc1ccc(C(C)C)c(OCC(=O)N/N=C\[C@@H](C)c2ccccc2)c1. The summed E-state index contributed by atoms with van der Waals surface area (Å²) in [7, 11) is 0. The van der Waals surface area contributed by atoms with Gasteiger partial charge in [-0.25, -0.2) is 5.43 Å². The Kier molecular flexibility index (Phi) is 6.75. The molecule has 0 aromatic heterocycles. The summed E-state index contributed by atoms with van der Waals surface area (Å²) in [5.74, 6) is 0.953. The van der Waals surface area contributed by atoms with Crippen molar-refractivity contribution in [1.29, 1.82) is 0 Å². The monoisotopic (exact) mass is 338 g/mol. The lowest BCUT2D eigenvalue weighted by Gasteiger charge is -2.14. The van der Waals surface area contributed by atoms with Crippen LogP contribution >= 0.6 is 0 Å². The average Bonchev–Trinajstić information content (AvgIpc) is 2.60. The Morgan fingerprint density at radius 1 is 1.16 bits per heavy atom. The van der Waals surface area contributed by atoms with Crippen LogP contribution in [0, 0.1) is 6.92 Å². The quantitative estimate of drug-likeness (QED) is 0.601. The molecule has 4 nitrogen and oxygen atoms in total. The van der Waals surface area contributed by atoms with Crippen LogP contribution in [0.1, 0.15) is 49.3 Å². The first-order chi connectivity index (χ1) is 12.0. The van der Waals surface area contributed by atoms with E-state index in [9.17, 15) is 4.79 Å². The summed E-state index contributed by atoms with van der Waals surface area (Å²) >= 11 is 0. The summed E-state index contributed by atoms with van der Waals surface area (Å²) in [4.78, 5) is 12.0. The Bertz CT molecular complexity index is 724. The van der Waals surface area contributed by atoms with Crippen LogP contribution in [0.2, 0.25) is 0 Å². The average molecular weight is 338 g/mol. The van der Waals surface area contributed by atoms with Gasteiger partial charge in [0.05, 0.1) is 0 Å². The number of benzene rings is 2. The van der Waals surface area contributed by atoms with Crippen LogP contribution < -0.4 is 10.2 Å². The normalized spacial score (nSPS) is 12.4. The highest BCUT2D eigenvalue weighted by Crippen LogP contribution is 2.27. The maximum atomic E-state index is 12.0. The Morgan fingerprint density at radius 2 is 1.88 bits per heavy atom. The number of hydrogen-bond acceptors (Lipinski definition) is 3. The number of nitrogens with one attached hydrogen (secondary N) is 1. The number of hydrazone groups is 1. The van der Waals surface area contributed by atoms with E-state index in [2.05, 4.69) is 30.4 Å². The standard InChI is InChI=1S/C21H26N2O2/c1-15(2)19-11-10-16(3)12-20(19)25-14-21(24)23-22-13-17(4)18-8-6-5-7-9-18/h5-13,15,17H,14H2,1-4H3,(H,23,24)/b22-13-/t17-/m1/s1. The van der Waals surface area contributed by atoms with Crippen molar-refractivity contribution in [2.24, 2.45) is 5.10 Å². The van der Waals surface area contributed by atoms with Crippen molar-refractivity contribution in [2.75, 3.05) is 6.61 Å². The Labute approximate surface area is 149 Å². The smallest absolute Gasteiger partial charge is 0.277 e. The third kappa shape index (κ3) is 5.75. The molecule has 0 unspecified atom stereocenters. The van der Waals surface area contributed by atoms with Gasteiger partial charge in [-0.3, -0.25) is 4.79 Å². The number of rotatable bonds is 7. The molecule has 0 aliphatic rings. The molecule has 0 bridgehead atoms. The van der Waals surface area contributed by atoms with Crippen LogP contribution in [0.25, 0.3) is 0 Å². The number of hydrogen-bond donors (Lipinski definition) is 1. The molecular weight excluding hydrogens is 312 g/mol. The number of ether oxygens (including phenoxy) is 1. The van der Waals surface area contributed by atoms with Crippen molar-refractivity contribution < 1.29 is 9.53 Å².